The Morgan fingerprint density at radius 2 is 2.22 bits per heavy atom. The Kier molecular flexibility index (Phi) is 5.94. The van der Waals surface area contributed by atoms with Gasteiger partial charge in [0.2, 0.25) is 15.9 Å². The van der Waals surface area contributed by atoms with E-state index in [2.05, 4.69) is 15.0 Å². The first kappa shape index (κ1) is 17.7. The number of amides is 1. The molecule has 23 heavy (non-hydrogen) atoms. The Balaban J connectivity index is 1.98. The van der Waals surface area contributed by atoms with Gasteiger partial charge in [-0.25, -0.2) is 18.1 Å². The number of hydrogen-bond donors (Lipinski definition) is 2. The third kappa shape index (κ3) is 4.90. The van der Waals surface area contributed by atoms with Crippen molar-refractivity contribution in [2.75, 3.05) is 13.7 Å². The van der Waals surface area contributed by atoms with Crippen molar-refractivity contribution in [2.24, 2.45) is 0 Å². The average molecular weight is 376 g/mol. The van der Waals surface area contributed by atoms with Gasteiger partial charge < -0.3 is 10.1 Å². The number of methoxy groups -OCH3 is 1. The topological polar surface area (TPSA) is 97.4 Å². The highest BCUT2D eigenvalue weighted by atomic mass is 35.5. The summed E-state index contributed by atoms with van der Waals surface area (Å²) in [6, 6.07) is 4.22. The van der Waals surface area contributed by atoms with E-state index >= 15 is 0 Å². The van der Waals surface area contributed by atoms with Crippen molar-refractivity contribution in [2.45, 2.75) is 11.4 Å². The van der Waals surface area contributed by atoms with E-state index < -0.39 is 22.5 Å². The Bertz CT molecular complexity index is 779. The SMILES string of the molecule is COc1ccc(Cl)cc1S(=O)(=O)NCC(=O)NCc1cscn1. The number of carbonyl (C=O) groups is 1. The second-order valence-corrected chi connectivity index (χ2v) is 7.27. The number of carbonyl (C=O) groups excluding carboxylic acids is 1. The number of thiazole rings is 1. The summed E-state index contributed by atoms with van der Waals surface area (Å²) in [5.74, 6) is -0.327. The molecule has 7 nitrogen and oxygen atoms in total. The van der Waals surface area contributed by atoms with Gasteiger partial charge in [0, 0.05) is 10.4 Å². The van der Waals surface area contributed by atoms with E-state index in [1.807, 2.05) is 0 Å². The summed E-state index contributed by atoms with van der Waals surface area (Å²) >= 11 is 7.23. The van der Waals surface area contributed by atoms with E-state index in [0.717, 1.165) is 0 Å². The summed E-state index contributed by atoms with van der Waals surface area (Å²) in [6.07, 6.45) is 0. The van der Waals surface area contributed by atoms with Gasteiger partial charge in [-0.15, -0.1) is 11.3 Å². The van der Waals surface area contributed by atoms with Crippen LogP contribution in [0.1, 0.15) is 5.69 Å². The highest BCUT2D eigenvalue weighted by Gasteiger charge is 2.20. The third-order valence-corrected chi connectivity index (χ3v) is 5.08. The molecule has 0 spiro atoms. The molecule has 0 aliphatic heterocycles. The number of halogens is 1. The largest absolute Gasteiger partial charge is 0.495 e. The first-order valence-electron chi connectivity index (χ1n) is 6.39. The van der Waals surface area contributed by atoms with E-state index in [4.69, 9.17) is 16.3 Å². The standard InChI is InChI=1S/C13H14ClN3O4S2/c1-21-11-3-2-9(14)4-12(11)23(19,20)17-6-13(18)15-5-10-7-22-8-16-10/h2-4,7-8,17H,5-6H2,1H3,(H,15,18). The van der Waals surface area contributed by atoms with Crippen molar-refractivity contribution >= 4 is 38.9 Å². The van der Waals surface area contributed by atoms with Crippen LogP contribution in [0, 0.1) is 0 Å². The van der Waals surface area contributed by atoms with Gasteiger partial charge >= 0.3 is 0 Å². The van der Waals surface area contributed by atoms with Gasteiger partial charge in [-0.2, -0.15) is 0 Å². The van der Waals surface area contributed by atoms with Gasteiger partial charge in [0.15, 0.2) is 0 Å². The molecular formula is C13H14ClN3O4S2. The van der Waals surface area contributed by atoms with Crippen molar-refractivity contribution < 1.29 is 17.9 Å². The van der Waals surface area contributed by atoms with Crippen LogP contribution in [0.3, 0.4) is 0 Å². The van der Waals surface area contributed by atoms with Crippen LogP contribution in [0.15, 0.2) is 34.0 Å². The Morgan fingerprint density at radius 1 is 1.43 bits per heavy atom. The van der Waals surface area contributed by atoms with Crippen LogP contribution in [-0.2, 0) is 21.4 Å². The molecule has 124 valence electrons. The summed E-state index contributed by atoms with van der Waals surface area (Å²) in [5, 5.41) is 4.61. The van der Waals surface area contributed by atoms with Crippen LogP contribution < -0.4 is 14.8 Å². The van der Waals surface area contributed by atoms with E-state index in [9.17, 15) is 13.2 Å². The van der Waals surface area contributed by atoms with E-state index in [1.165, 1.54) is 36.6 Å². The molecule has 0 aliphatic rings. The molecule has 10 heteroatoms. The highest BCUT2D eigenvalue weighted by molar-refractivity contribution is 7.89. The zero-order valence-electron chi connectivity index (χ0n) is 12.1. The summed E-state index contributed by atoms with van der Waals surface area (Å²) < 4.78 is 31.7. The van der Waals surface area contributed by atoms with Crippen LogP contribution in [0.25, 0.3) is 0 Å². The number of nitrogens with zero attached hydrogens (tertiary/aromatic N) is 1. The molecule has 2 rings (SSSR count). The molecule has 2 N–H and O–H groups in total. The first-order valence-corrected chi connectivity index (χ1v) is 9.20. The molecule has 1 heterocycles. The van der Waals surface area contributed by atoms with Crippen molar-refractivity contribution in [3.05, 3.63) is 39.8 Å². The molecule has 1 amide bonds. The zero-order chi connectivity index (χ0) is 16.9. The molecule has 0 saturated carbocycles. The summed E-state index contributed by atoms with van der Waals surface area (Å²) in [7, 11) is -2.58. The van der Waals surface area contributed by atoms with Gasteiger partial charge in [0.1, 0.15) is 10.6 Å². The van der Waals surface area contributed by atoms with Gasteiger partial charge in [-0.05, 0) is 18.2 Å². The lowest BCUT2D eigenvalue weighted by Crippen LogP contribution is -2.36. The van der Waals surface area contributed by atoms with E-state index in [0.29, 0.717) is 5.69 Å². The monoisotopic (exact) mass is 375 g/mol. The summed E-state index contributed by atoms with van der Waals surface area (Å²) in [5.41, 5.74) is 2.36. The van der Waals surface area contributed by atoms with Crippen molar-refractivity contribution in [1.82, 2.24) is 15.0 Å². The predicted octanol–water partition coefficient (Wildman–Crippen LogP) is 1.40. The fourth-order valence-electron chi connectivity index (χ4n) is 1.68. The molecule has 1 aromatic carbocycles. The quantitative estimate of drug-likeness (QED) is 0.762. The lowest BCUT2D eigenvalue weighted by molar-refractivity contribution is -0.120. The number of rotatable bonds is 7. The van der Waals surface area contributed by atoms with E-state index in [-0.39, 0.29) is 22.2 Å². The van der Waals surface area contributed by atoms with Crippen LogP contribution >= 0.6 is 22.9 Å². The van der Waals surface area contributed by atoms with Crippen LogP contribution in [-0.4, -0.2) is 33.0 Å². The van der Waals surface area contributed by atoms with Crippen LogP contribution in [0.4, 0.5) is 0 Å². The molecule has 1 aromatic heterocycles. The Hall–Kier alpha value is -1.68. The molecule has 0 bridgehead atoms. The molecular weight excluding hydrogens is 362 g/mol. The normalized spacial score (nSPS) is 11.2. The van der Waals surface area contributed by atoms with Gasteiger partial charge in [-0.1, -0.05) is 11.6 Å². The second-order valence-electron chi connectivity index (χ2n) is 4.38. The van der Waals surface area contributed by atoms with Crippen molar-refractivity contribution in [3.63, 3.8) is 0 Å². The number of hydrogen-bond acceptors (Lipinski definition) is 6. The van der Waals surface area contributed by atoms with Crippen LogP contribution in [0.2, 0.25) is 5.02 Å². The molecule has 0 unspecified atom stereocenters. The number of nitrogens with one attached hydrogen (secondary N) is 2. The summed E-state index contributed by atoms with van der Waals surface area (Å²) in [6.45, 7) is -0.160. The number of benzene rings is 1. The molecule has 0 fully saturated rings. The maximum Gasteiger partial charge on any atom is 0.244 e. The summed E-state index contributed by atoms with van der Waals surface area (Å²) in [4.78, 5) is 15.6. The third-order valence-electron chi connectivity index (χ3n) is 2.79. The average Bonchev–Trinajstić information content (AvgIpc) is 3.04. The molecule has 2 aromatic rings. The van der Waals surface area contributed by atoms with Gasteiger partial charge in [-0.3, -0.25) is 4.79 Å². The zero-order valence-corrected chi connectivity index (χ0v) is 14.5. The maximum atomic E-state index is 12.3. The van der Waals surface area contributed by atoms with E-state index in [1.54, 1.807) is 10.9 Å². The lowest BCUT2D eigenvalue weighted by Gasteiger charge is -2.11. The van der Waals surface area contributed by atoms with Crippen molar-refractivity contribution in [3.8, 4) is 5.75 Å². The smallest absolute Gasteiger partial charge is 0.244 e. The Morgan fingerprint density at radius 3 is 2.87 bits per heavy atom. The van der Waals surface area contributed by atoms with Gasteiger partial charge in [0.05, 0.1) is 31.4 Å². The fourth-order valence-corrected chi connectivity index (χ4v) is 3.65. The molecule has 0 atom stereocenters. The lowest BCUT2D eigenvalue weighted by atomic mass is 10.3. The maximum absolute atomic E-state index is 12.3. The number of aromatic nitrogens is 1. The van der Waals surface area contributed by atoms with Crippen molar-refractivity contribution in [1.29, 1.82) is 0 Å². The minimum atomic E-state index is -3.93. The fraction of sp³-hybridized carbons (Fsp3) is 0.231. The minimum Gasteiger partial charge on any atom is -0.495 e. The minimum absolute atomic E-state index is 0.125. The molecule has 0 radical (unpaired) electrons. The predicted molar refractivity (Wildman–Crippen MR) is 87.2 cm³/mol. The van der Waals surface area contributed by atoms with Crippen LogP contribution in [0.5, 0.6) is 5.75 Å². The molecule has 0 aliphatic carbocycles. The van der Waals surface area contributed by atoms with Gasteiger partial charge in [0.25, 0.3) is 0 Å². The number of ether oxygens (including phenoxy) is 1. The Labute approximate surface area is 142 Å². The number of sulfonamides is 1. The molecule has 0 saturated heterocycles. The highest BCUT2D eigenvalue weighted by Crippen LogP contribution is 2.26. The first-order chi connectivity index (χ1) is 10.9. The second kappa shape index (κ2) is 7.73.